The zero-order valence-electron chi connectivity index (χ0n) is 10.5. The Balaban J connectivity index is 2.51. The number of hydrogen-bond donors (Lipinski definition) is 2. The summed E-state index contributed by atoms with van der Waals surface area (Å²) in [5, 5.41) is 4.80. The standard InChI is InChI=1S/C14H11Cl3N2S/c1-7-2-4-10(16)13(12(7)17)19-11-5-3-8(15)6-9(11)14(18)20/h2-6,19H,1H3,(H2,18,20). The smallest absolute Gasteiger partial charge is 0.106 e. The van der Waals surface area contributed by atoms with Crippen LogP contribution in [0.1, 0.15) is 11.1 Å². The van der Waals surface area contributed by atoms with Crippen LogP contribution in [-0.4, -0.2) is 4.99 Å². The van der Waals surface area contributed by atoms with Crippen LogP contribution < -0.4 is 11.1 Å². The summed E-state index contributed by atoms with van der Waals surface area (Å²) < 4.78 is 0. The summed E-state index contributed by atoms with van der Waals surface area (Å²) in [6.45, 7) is 1.90. The first-order chi connectivity index (χ1) is 9.40. The fourth-order valence-corrected chi connectivity index (χ4v) is 2.54. The molecule has 3 N–H and O–H groups in total. The van der Waals surface area contributed by atoms with E-state index in [2.05, 4.69) is 5.32 Å². The molecular weight excluding hydrogens is 335 g/mol. The van der Waals surface area contributed by atoms with Crippen molar-refractivity contribution in [3.8, 4) is 0 Å². The second-order valence-electron chi connectivity index (χ2n) is 4.23. The summed E-state index contributed by atoms with van der Waals surface area (Å²) in [7, 11) is 0. The third-order valence-corrected chi connectivity index (χ3v) is 4.05. The molecule has 2 aromatic rings. The number of benzene rings is 2. The minimum absolute atomic E-state index is 0.245. The molecule has 2 rings (SSSR count). The molecule has 2 nitrogen and oxygen atoms in total. The van der Waals surface area contributed by atoms with Crippen LogP contribution in [0.2, 0.25) is 15.1 Å². The summed E-state index contributed by atoms with van der Waals surface area (Å²) in [6.07, 6.45) is 0. The van der Waals surface area contributed by atoms with E-state index in [0.29, 0.717) is 32.0 Å². The summed E-state index contributed by atoms with van der Waals surface area (Å²) in [5.74, 6) is 0. The van der Waals surface area contributed by atoms with Gasteiger partial charge in [0.15, 0.2) is 0 Å². The van der Waals surface area contributed by atoms with Crippen molar-refractivity contribution in [1.82, 2.24) is 0 Å². The van der Waals surface area contributed by atoms with Gasteiger partial charge in [-0.25, -0.2) is 0 Å². The third-order valence-electron chi connectivity index (χ3n) is 2.79. The monoisotopic (exact) mass is 344 g/mol. The molecule has 0 atom stereocenters. The molecule has 20 heavy (non-hydrogen) atoms. The molecule has 2 aromatic carbocycles. The van der Waals surface area contributed by atoms with Crippen molar-refractivity contribution in [3.05, 3.63) is 56.5 Å². The summed E-state index contributed by atoms with van der Waals surface area (Å²) >= 11 is 23.4. The van der Waals surface area contributed by atoms with Crippen LogP contribution in [0.5, 0.6) is 0 Å². The average molecular weight is 346 g/mol. The van der Waals surface area contributed by atoms with Gasteiger partial charge >= 0.3 is 0 Å². The van der Waals surface area contributed by atoms with Crippen molar-refractivity contribution in [1.29, 1.82) is 0 Å². The summed E-state index contributed by atoms with van der Waals surface area (Å²) in [4.78, 5) is 0.245. The molecule has 0 aliphatic heterocycles. The maximum atomic E-state index is 6.27. The maximum Gasteiger partial charge on any atom is 0.106 e. The molecule has 0 bridgehead atoms. The lowest BCUT2D eigenvalue weighted by Crippen LogP contribution is -2.12. The molecule has 6 heteroatoms. The quantitative estimate of drug-likeness (QED) is 0.738. The van der Waals surface area contributed by atoms with E-state index >= 15 is 0 Å². The Hall–Kier alpha value is -1.00. The van der Waals surface area contributed by atoms with Gasteiger partial charge in [0, 0.05) is 16.3 Å². The number of rotatable bonds is 3. The zero-order chi connectivity index (χ0) is 14.9. The van der Waals surface area contributed by atoms with E-state index < -0.39 is 0 Å². The predicted octanol–water partition coefficient (Wildman–Crippen LogP) is 5.33. The minimum atomic E-state index is 0.245. The molecule has 0 saturated carbocycles. The molecule has 0 radical (unpaired) electrons. The van der Waals surface area contributed by atoms with Gasteiger partial charge in [0.05, 0.1) is 15.7 Å². The minimum Gasteiger partial charge on any atom is -0.389 e. The van der Waals surface area contributed by atoms with Gasteiger partial charge in [-0.3, -0.25) is 0 Å². The number of hydrogen-bond acceptors (Lipinski definition) is 2. The number of nitrogens with two attached hydrogens (primary N) is 1. The highest BCUT2D eigenvalue weighted by Crippen LogP contribution is 2.36. The van der Waals surface area contributed by atoms with Crippen LogP contribution in [-0.2, 0) is 0 Å². The van der Waals surface area contributed by atoms with Crippen LogP contribution >= 0.6 is 47.0 Å². The molecule has 0 saturated heterocycles. The molecule has 0 aliphatic carbocycles. The predicted molar refractivity (Wildman–Crippen MR) is 91.8 cm³/mol. The van der Waals surface area contributed by atoms with E-state index in [4.69, 9.17) is 52.8 Å². The summed E-state index contributed by atoms with van der Waals surface area (Å²) in [6, 6.07) is 8.85. The van der Waals surface area contributed by atoms with Crippen LogP contribution in [0.25, 0.3) is 0 Å². The third kappa shape index (κ3) is 3.18. The molecule has 0 unspecified atom stereocenters. The average Bonchev–Trinajstić information content (AvgIpc) is 2.40. The van der Waals surface area contributed by atoms with Gasteiger partial charge in [0.2, 0.25) is 0 Å². The highest BCUT2D eigenvalue weighted by Gasteiger charge is 2.12. The highest BCUT2D eigenvalue weighted by molar-refractivity contribution is 7.80. The SMILES string of the molecule is Cc1ccc(Cl)c(Nc2ccc(Cl)cc2C(N)=S)c1Cl. The van der Waals surface area contributed by atoms with Crippen LogP contribution in [0.3, 0.4) is 0 Å². The molecule has 0 aromatic heterocycles. The lowest BCUT2D eigenvalue weighted by molar-refractivity contribution is 1.44. The first-order valence-electron chi connectivity index (χ1n) is 5.71. The first-order valence-corrected chi connectivity index (χ1v) is 7.25. The molecule has 0 spiro atoms. The van der Waals surface area contributed by atoms with Crippen LogP contribution in [0, 0.1) is 6.92 Å². The second-order valence-corrected chi connectivity index (χ2v) is 5.89. The largest absolute Gasteiger partial charge is 0.389 e. The van der Waals surface area contributed by atoms with Crippen molar-refractivity contribution in [3.63, 3.8) is 0 Å². The molecular formula is C14H11Cl3N2S. The number of aryl methyl sites for hydroxylation is 1. The Kier molecular flexibility index (Phi) is 4.76. The van der Waals surface area contributed by atoms with Gasteiger partial charge in [0.1, 0.15) is 4.99 Å². The fourth-order valence-electron chi connectivity index (χ4n) is 1.74. The number of nitrogens with one attached hydrogen (secondary N) is 1. The Bertz CT molecular complexity index is 686. The molecule has 0 amide bonds. The van der Waals surface area contributed by atoms with Crippen molar-refractivity contribution in [2.75, 3.05) is 5.32 Å². The highest BCUT2D eigenvalue weighted by atomic mass is 35.5. The van der Waals surface area contributed by atoms with Gasteiger partial charge in [0.25, 0.3) is 0 Å². The lowest BCUT2D eigenvalue weighted by atomic mass is 10.1. The Labute approximate surface area is 137 Å². The maximum absolute atomic E-state index is 6.27. The Morgan fingerprint density at radius 3 is 2.50 bits per heavy atom. The summed E-state index contributed by atoms with van der Waals surface area (Å²) in [5.41, 5.74) is 8.59. The normalized spacial score (nSPS) is 10.4. The first kappa shape index (κ1) is 15.4. The lowest BCUT2D eigenvalue weighted by Gasteiger charge is -2.15. The number of thiocarbonyl (C=S) groups is 1. The van der Waals surface area contributed by atoms with Crippen molar-refractivity contribution < 1.29 is 0 Å². The van der Waals surface area contributed by atoms with Gasteiger partial charge in [-0.2, -0.15) is 0 Å². The second kappa shape index (κ2) is 6.19. The number of anilines is 2. The molecule has 104 valence electrons. The Morgan fingerprint density at radius 2 is 1.85 bits per heavy atom. The molecule has 0 aliphatic rings. The van der Waals surface area contributed by atoms with E-state index in [-0.39, 0.29) is 4.99 Å². The van der Waals surface area contributed by atoms with Crippen molar-refractivity contribution >= 4 is 63.4 Å². The molecule has 0 heterocycles. The van der Waals surface area contributed by atoms with E-state index in [1.807, 2.05) is 13.0 Å². The Morgan fingerprint density at radius 1 is 1.15 bits per heavy atom. The van der Waals surface area contributed by atoms with Gasteiger partial charge < -0.3 is 11.1 Å². The van der Waals surface area contributed by atoms with Gasteiger partial charge in [-0.1, -0.05) is 53.1 Å². The van der Waals surface area contributed by atoms with Crippen molar-refractivity contribution in [2.24, 2.45) is 5.73 Å². The molecule has 0 fully saturated rings. The van der Waals surface area contributed by atoms with E-state index in [0.717, 1.165) is 5.56 Å². The van der Waals surface area contributed by atoms with Gasteiger partial charge in [-0.15, -0.1) is 0 Å². The van der Waals surface area contributed by atoms with E-state index in [1.165, 1.54) is 0 Å². The van der Waals surface area contributed by atoms with E-state index in [9.17, 15) is 0 Å². The topological polar surface area (TPSA) is 38.0 Å². The van der Waals surface area contributed by atoms with Gasteiger partial charge in [-0.05, 0) is 36.8 Å². The van der Waals surface area contributed by atoms with Crippen LogP contribution in [0.4, 0.5) is 11.4 Å². The van der Waals surface area contributed by atoms with E-state index in [1.54, 1.807) is 24.3 Å². The zero-order valence-corrected chi connectivity index (χ0v) is 13.6. The fraction of sp³-hybridized carbons (Fsp3) is 0.0714. The van der Waals surface area contributed by atoms with Crippen LogP contribution in [0.15, 0.2) is 30.3 Å². The number of halogens is 3. The van der Waals surface area contributed by atoms with Crippen molar-refractivity contribution in [2.45, 2.75) is 6.92 Å².